The Balaban J connectivity index is 2.84. The molecule has 1 aromatic rings. The molecular formula is C12H20ClN3O3. The number of hydrogen-bond donors (Lipinski definition) is 1. The molecule has 1 N–H and O–H groups in total. The largest absolute Gasteiger partial charge is 0.383 e. The molecular weight excluding hydrogens is 270 g/mol. The first-order valence-electron chi connectivity index (χ1n) is 6.20. The van der Waals surface area contributed by atoms with Crippen molar-refractivity contribution in [3.8, 4) is 0 Å². The summed E-state index contributed by atoms with van der Waals surface area (Å²) < 4.78 is 6.16. The summed E-state index contributed by atoms with van der Waals surface area (Å²) in [4.78, 5) is 28.3. The maximum Gasteiger partial charge on any atom is 0.329 e. The third-order valence-electron chi connectivity index (χ3n) is 2.97. The van der Waals surface area contributed by atoms with Crippen LogP contribution in [0.3, 0.4) is 0 Å². The summed E-state index contributed by atoms with van der Waals surface area (Å²) >= 11 is 5.84. The average molecular weight is 290 g/mol. The van der Waals surface area contributed by atoms with Gasteiger partial charge < -0.3 is 9.64 Å². The molecule has 0 radical (unpaired) electrons. The Labute approximate surface area is 116 Å². The van der Waals surface area contributed by atoms with E-state index >= 15 is 0 Å². The van der Waals surface area contributed by atoms with Crippen LogP contribution >= 0.6 is 11.6 Å². The van der Waals surface area contributed by atoms with Crippen molar-refractivity contribution in [2.75, 3.05) is 33.9 Å². The van der Waals surface area contributed by atoms with E-state index < -0.39 is 5.69 Å². The van der Waals surface area contributed by atoms with Crippen molar-refractivity contribution in [2.45, 2.75) is 19.9 Å². The fourth-order valence-electron chi connectivity index (χ4n) is 1.72. The number of halogens is 1. The van der Waals surface area contributed by atoms with Gasteiger partial charge in [-0.25, -0.2) is 4.79 Å². The van der Waals surface area contributed by atoms with Crippen LogP contribution in [0.1, 0.15) is 12.5 Å². The van der Waals surface area contributed by atoms with Gasteiger partial charge >= 0.3 is 5.69 Å². The van der Waals surface area contributed by atoms with Crippen molar-refractivity contribution < 1.29 is 4.74 Å². The molecule has 7 heteroatoms. The lowest BCUT2D eigenvalue weighted by Crippen LogP contribution is -2.40. The molecule has 0 saturated heterocycles. The standard InChI is InChI=1S/C12H20ClN3O3/c1-4-9-10(13)14-12(18)16(11(9)17)6-5-15(2)7-8-19-3/h4-8H2,1-3H3,(H,14,18). The minimum absolute atomic E-state index is 0.140. The van der Waals surface area contributed by atoms with Gasteiger partial charge in [-0.3, -0.25) is 14.3 Å². The highest BCUT2D eigenvalue weighted by molar-refractivity contribution is 6.30. The molecule has 0 aliphatic heterocycles. The normalized spacial score (nSPS) is 11.2. The molecule has 0 fully saturated rings. The molecule has 0 saturated carbocycles. The number of methoxy groups -OCH3 is 1. The van der Waals surface area contributed by atoms with Gasteiger partial charge in [0, 0.05) is 26.7 Å². The van der Waals surface area contributed by atoms with Gasteiger partial charge in [0.2, 0.25) is 0 Å². The summed E-state index contributed by atoms with van der Waals surface area (Å²) in [5.41, 5.74) is -0.329. The molecule has 0 unspecified atom stereocenters. The van der Waals surface area contributed by atoms with E-state index in [-0.39, 0.29) is 10.7 Å². The Hall–Kier alpha value is -1.11. The van der Waals surface area contributed by atoms with Gasteiger partial charge in [0.15, 0.2) is 0 Å². The fourth-order valence-corrected chi connectivity index (χ4v) is 2.02. The molecule has 0 atom stereocenters. The molecule has 0 aliphatic rings. The minimum atomic E-state index is -0.465. The summed E-state index contributed by atoms with van der Waals surface area (Å²) in [6.07, 6.45) is 0.494. The number of hydrogen-bond acceptors (Lipinski definition) is 4. The Morgan fingerprint density at radius 3 is 2.63 bits per heavy atom. The molecule has 0 aromatic carbocycles. The minimum Gasteiger partial charge on any atom is -0.383 e. The molecule has 0 aliphatic carbocycles. The van der Waals surface area contributed by atoms with Crippen LogP contribution < -0.4 is 11.2 Å². The zero-order valence-electron chi connectivity index (χ0n) is 11.5. The van der Waals surface area contributed by atoms with E-state index in [1.54, 1.807) is 7.11 Å². The van der Waals surface area contributed by atoms with Crippen LogP contribution in [0.4, 0.5) is 0 Å². The van der Waals surface area contributed by atoms with Crippen molar-refractivity contribution in [3.05, 3.63) is 31.6 Å². The van der Waals surface area contributed by atoms with Gasteiger partial charge in [-0.05, 0) is 13.5 Å². The molecule has 0 amide bonds. The second-order valence-corrected chi connectivity index (χ2v) is 4.71. The second-order valence-electron chi connectivity index (χ2n) is 4.33. The van der Waals surface area contributed by atoms with Crippen molar-refractivity contribution in [2.24, 2.45) is 0 Å². The topological polar surface area (TPSA) is 67.3 Å². The fraction of sp³-hybridized carbons (Fsp3) is 0.667. The van der Waals surface area contributed by atoms with E-state index in [9.17, 15) is 9.59 Å². The van der Waals surface area contributed by atoms with Crippen LogP contribution in [0, 0.1) is 0 Å². The first-order valence-corrected chi connectivity index (χ1v) is 6.58. The lowest BCUT2D eigenvalue weighted by molar-refractivity contribution is 0.159. The van der Waals surface area contributed by atoms with Gasteiger partial charge in [-0.15, -0.1) is 0 Å². The molecule has 1 heterocycles. The zero-order chi connectivity index (χ0) is 14.4. The monoisotopic (exact) mass is 289 g/mol. The predicted molar refractivity (Wildman–Crippen MR) is 75.1 cm³/mol. The first kappa shape index (κ1) is 15.9. The second kappa shape index (κ2) is 7.47. The highest BCUT2D eigenvalue weighted by Gasteiger charge is 2.11. The van der Waals surface area contributed by atoms with Gasteiger partial charge in [0.1, 0.15) is 5.15 Å². The number of nitrogens with one attached hydrogen (secondary N) is 1. The van der Waals surface area contributed by atoms with Crippen molar-refractivity contribution in [3.63, 3.8) is 0 Å². The van der Waals surface area contributed by atoms with Crippen LogP contribution in [0.25, 0.3) is 0 Å². The molecule has 1 aromatic heterocycles. The first-order chi connectivity index (χ1) is 9.01. The Morgan fingerprint density at radius 2 is 2.05 bits per heavy atom. The number of nitrogens with zero attached hydrogens (tertiary/aromatic N) is 2. The van der Waals surface area contributed by atoms with Crippen LogP contribution in [0.5, 0.6) is 0 Å². The lowest BCUT2D eigenvalue weighted by Gasteiger charge is -2.16. The SMILES string of the molecule is CCc1c(Cl)[nH]c(=O)n(CCN(C)CCOC)c1=O. The van der Waals surface area contributed by atoms with E-state index in [4.69, 9.17) is 16.3 Å². The number of aromatic nitrogens is 2. The Bertz CT molecular complexity index is 524. The molecule has 19 heavy (non-hydrogen) atoms. The van der Waals surface area contributed by atoms with E-state index in [0.717, 1.165) is 6.54 Å². The van der Waals surface area contributed by atoms with Gasteiger partial charge in [-0.2, -0.15) is 0 Å². The van der Waals surface area contributed by atoms with E-state index in [1.807, 2.05) is 18.9 Å². The predicted octanol–water partition coefficient (Wildman–Crippen LogP) is 0.331. The van der Waals surface area contributed by atoms with Crippen LogP contribution in [0.15, 0.2) is 9.59 Å². The Morgan fingerprint density at radius 1 is 1.37 bits per heavy atom. The molecule has 0 spiro atoms. The van der Waals surface area contributed by atoms with Crippen LogP contribution in [0.2, 0.25) is 5.15 Å². The van der Waals surface area contributed by atoms with Gasteiger partial charge in [0.05, 0.1) is 12.2 Å². The smallest absolute Gasteiger partial charge is 0.329 e. The van der Waals surface area contributed by atoms with Gasteiger partial charge in [-0.1, -0.05) is 18.5 Å². The van der Waals surface area contributed by atoms with Crippen LogP contribution in [-0.2, 0) is 17.7 Å². The number of likely N-dealkylation sites (N-methyl/N-ethyl adjacent to an activating group) is 1. The molecule has 1 rings (SSSR count). The maximum atomic E-state index is 12.1. The number of rotatable bonds is 7. The summed E-state index contributed by atoms with van der Waals surface area (Å²) in [6.45, 7) is 4.12. The summed E-state index contributed by atoms with van der Waals surface area (Å²) in [7, 11) is 3.55. The molecule has 6 nitrogen and oxygen atoms in total. The summed E-state index contributed by atoms with van der Waals surface area (Å²) in [5, 5.41) is 0.140. The van der Waals surface area contributed by atoms with Crippen molar-refractivity contribution in [1.82, 2.24) is 14.5 Å². The highest BCUT2D eigenvalue weighted by Crippen LogP contribution is 2.05. The lowest BCUT2D eigenvalue weighted by atomic mass is 10.2. The third kappa shape index (κ3) is 4.19. The van der Waals surface area contributed by atoms with E-state index in [2.05, 4.69) is 4.98 Å². The molecule has 108 valence electrons. The zero-order valence-corrected chi connectivity index (χ0v) is 12.3. The maximum absolute atomic E-state index is 12.1. The van der Waals surface area contributed by atoms with Crippen LogP contribution in [-0.4, -0.2) is 48.3 Å². The average Bonchev–Trinajstić information content (AvgIpc) is 2.36. The number of H-pyrrole nitrogens is 1. The van der Waals surface area contributed by atoms with Gasteiger partial charge in [0.25, 0.3) is 5.56 Å². The highest BCUT2D eigenvalue weighted by atomic mass is 35.5. The third-order valence-corrected chi connectivity index (χ3v) is 3.29. The summed E-state index contributed by atoms with van der Waals surface area (Å²) in [5.74, 6) is 0. The van der Waals surface area contributed by atoms with Crippen molar-refractivity contribution >= 4 is 11.6 Å². The quantitative estimate of drug-likeness (QED) is 0.735. The van der Waals surface area contributed by atoms with E-state index in [0.29, 0.717) is 31.7 Å². The van der Waals surface area contributed by atoms with Crippen molar-refractivity contribution in [1.29, 1.82) is 0 Å². The Kier molecular flexibility index (Phi) is 6.27. The molecule has 0 bridgehead atoms. The number of ether oxygens (including phenoxy) is 1. The number of aromatic amines is 1. The summed E-state index contributed by atoms with van der Waals surface area (Å²) in [6, 6.07) is 0. The van der Waals surface area contributed by atoms with E-state index in [1.165, 1.54) is 4.57 Å².